The molecule has 0 saturated heterocycles. The molecule has 0 unspecified atom stereocenters. The first-order valence-electron chi connectivity index (χ1n) is 7.43. The minimum atomic E-state index is -1.41. The molecule has 1 heterocycles. The van der Waals surface area contributed by atoms with Gasteiger partial charge in [0.15, 0.2) is 0 Å². The monoisotopic (exact) mass is 274 g/mol. The van der Waals surface area contributed by atoms with Gasteiger partial charge >= 0.3 is 5.97 Å². The number of aromatic nitrogens is 2. The molecule has 106 valence electrons. The number of ketones is 1. The molecule has 1 aromatic rings. The summed E-state index contributed by atoms with van der Waals surface area (Å²) in [7, 11) is 0. The quantitative estimate of drug-likeness (QED) is 0.677. The van der Waals surface area contributed by atoms with E-state index in [0.29, 0.717) is 17.9 Å². The predicted octanol–water partition coefficient (Wildman–Crippen LogP) is 2.15. The Bertz CT molecular complexity index is 549. The van der Waals surface area contributed by atoms with Crippen LogP contribution in [0.15, 0.2) is 12.4 Å². The molecule has 4 fully saturated rings. The number of carbonyl (C=O) groups is 2. The standard InChI is InChI=1S/C15H18N2O3/c18-14(15(19)20)12-6-16-17(7-12)13-10-2-8-1-9(4-10)5-11(13)3-8/h6-11,13H,1-5H2,(H,19,20). The van der Waals surface area contributed by atoms with Crippen molar-refractivity contribution in [1.29, 1.82) is 0 Å². The molecular formula is C15H18N2O3. The minimum Gasteiger partial charge on any atom is -0.475 e. The van der Waals surface area contributed by atoms with Crippen molar-refractivity contribution in [1.82, 2.24) is 9.78 Å². The van der Waals surface area contributed by atoms with Gasteiger partial charge in [0.1, 0.15) is 0 Å². The zero-order valence-corrected chi connectivity index (χ0v) is 11.2. The number of carboxylic acids is 1. The number of nitrogens with zero attached hydrogens (tertiary/aromatic N) is 2. The Labute approximate surface area is 117 Å². The van der Waals surface area contributed by atoms with Crippen molar-refractivity contribution in [2.75, 3.05) is 0 Å². The van der Waals surface area contributed by atoms with Gasteiger partial charge in [-0.05, 0) is 55.8 Å². The third-order valence-corrected chi connectivity index (χ3v) is 5.54. The number of hydrogen-bond acceptors (Lipinski definition) is 3. The fourth-order valence-electron chi connectivity index (χ4n) is 5.07. The van der Waals surface area contributed by atoms with Crippen molar-refractivity contribution in [2.24, 2.45) is 23.7 Å². The van der Waals surface area contributed by atoms with Crippen molar-refractivity contribution < 1.29 is 14.7 Å². The van der Waals surface area contributed by atoms with Gasteiger partial charge in [-0.3, -0.25) is 9.48 Å². The largest absolute Gasteiger partial charge is 0.475 e. The zero-order chi connectivity index (χ0) is 13.9. The fourth-order valence-corrected chi connectivity index (χ4v) is 5.07. The Morgan fingerprint density at radius 3 is 2.25 bits per heavy atom. The first-order valence-corrected chi connectivity index (χ1v) is 7.43. The van der Waals surface area contributed by atoms with E-state index in [9.17, 15) is 9.59 Å². The lowest BCUT2D eigenvalue weighted by Gasteiger charge is -2.54. The van der Waals surface area contributed by atoms with E-state index in [2.05, 4.69) is 5.10 Å². The molecule has 5 heteroatoms. The summed E-state index contributed by atoms with van der Waals surface area (Å²) in [6, 6.07) is 0.373. The number of hydrogen-bond donors (Lipinski definition) is 1. The summed E-state index contributed by atoms with van der Waals surface area (Å²) in [5, 5.41) is 13.1. The van der Waals surface area contributed by atoms with Crippen LogP contribution >= 0.6 is 0 Å². The normalized spacial score (nSPS) is 38.1. The Morgan fingerprint density at radius 1 is 1.10 bits per heavy atom. The number of carbonyl (C=O) groups excluding carboxylic acids is 1. The van der Waals surface area contributed by atoms with Gasteiger partial charge in [0.05, 0.1) is 17.8 Å². The molecule has 4 aliphatic rings. The van der Waals surface area contributed by atoms with Crippen molar-refractivity contribution in [2.45, 2.75) is 38.1 Å². The summed E-state index contributed by atoms with van der Waals surface area (Å²) in [5.41, 5.74) is 0.200. The average Bonchev–Trinajstić information content (AvgIpc) is 2.85. The molecule has 20 heavy (non-hydrogen) atoms. The maximum Gasteiger partial charge on any atom is 0.377 e. The van der Waals surface area contributed by atoms with Crippen LogP contribution in [-0.4, -0.2) is 26.6 Å². The fraction of sp³-hybridized carbons (Fsp3) is 0.667. The average molecular weight is 274 g/mol. The summed E-state index contributed by atoms with van der Waals surface area (Å²) in [6.07, 6.45) is 9.56. The van der Waals surface area contributed by atoms with Gasteiger partial charge in [-0.1, -0.05) is 0 Å². The highest BCUT2D eigenvalue weighted by atomic mass is 16.4. The van der Waals surface area contributed by atoms with Crippen molar-refractivity contribution in [3.8, 4) is 0 Å². The third kappa shape index (κ3) is 1.72. The van der Waals surface area contributed by atoms with E-state index < -0.39 is 11.8 Å². The molecule has 0 atom stereocenters. The van der Waals surface area contributed by atoms with Crippen LogP contribution in [0.25, 0.3) is 0 Å². The van der Waals surface area contributed by atoms with Crippen LogP contribution in [0.1, 0.15) is 48.5 Å². The SMILES string of the molecule is O=C(O)C(=O)c1cnn(C2C3CC4CC(C3)CC2C4)c1. The van der Waals surface area contributed by atoms with E-state index >= 15 is 0 Å². The number of carboxylic acid groups (broad SMARTS) is 1. The van der Waals surface area contributed by atoms with Crippen molar-refractivity contribution in [3.63, 3.8) is 0 Å². The van der Waals surface area contributed by atoms with E-state index in [4.69, 9.17) is 5.11 Å². The lowest BCUT2D eigenvalue weighted by Crippen LogP contribution is -2.46. The molecule has 1 aromatic heterocycles. The second kappa shape index (κ2) is 4.17. The molecule has 1 N–H and O–H groups in total. The van der Waals surface area contributed by atoms with Crippen LogP contribution in [0.2, 0.25) is 0 Å². The van der Waals surface area contributed by atoms with Crippen LogP contribution in [0, 0.1) is 23.7 Å². The van der Waals surface area contributed by atoms with E-state index in [1.807, 2.05) is 4.68 Å². The summed E-state index contributed by atoms with van der Waals surface area (Å²) in [5.74, 6) is 0.849. The van der Waals surface area contributed by atoms with Crippen LogP contribution in [-0.2, 0) is 4.79 Å². The molecule has 0 aliphatic heterocycles. The van der Waals surface area contributed by atoms with Crippen molar-refractivity contribution >= 4 is 11.8 Å². The Morgan fingerprint density at radius 2 is 1.70 bits per heavy atom. The summed E-state index contributed by atoms with van der Waals surface area (Å²) in [6.45, 7) is 0. The minimum absolute atomic E-state index is 0.200. The van der Waals surface area contributed by atoms with Crippen LogP contribution in [0.5, 0.6) is 0 Å². The number of Topliss-reactive ketones (excluding diaryl/α,β-unsaturated/α-hetero) is 1. The maximum absolute atomic E-state index is 11.5. The van der Waals surface area contributed by atoms with Gasteiger partial charge in [-0.2, -0.15) is 5.10 Å². The molecule has 0 aromatic carbocycles. The first kappa shape index (κ1) is 12.1. The summed E-state index contributed by atoms with van der Waals surface area (Å²) in [4.78, 5) is 22.2. The van der Waals surface area contributed by atoms with Crippen LogP contribution < -0.4 is 0 Å². The molecule has 4 aliphatic carbocycles. The molecule has 0 amide bonds. The van der Waals surface area contributed by atoms with Crippen molar-refractivity contribution in [3.05, 3.63) is 18.0 Å². The second-order valence-corrected chi connectivity index (χ2v) is 6.76. The Kier molecular flexibility index (Phi) is 2.53. The number of rotatable bonds is 3. The zero-order valence-electron chi connectivity index (χ0n) is 11.2. The molecule has 0 radical (unpaired) electrons. The molecule has 4 saturated carbocycles. The predicted molar refractivity (Wildman–Crippen MR) is 70.3 cm³/mol. The number of aliphatic carboxylic acids is 1. The summed E-state index contributed by atoms with van der Waals surface area (Å²) < 4.78 is 1.88. The highest BCUT2D eigenvalue weighted by Crippen LogP contribution is 2.58. The highest BCUT2D eigenvalue weighted by Gasteiger charge is 2.49. The van der Waals surface area contributed by atoms with E-state index in [0.717, 1.165) is 11.8 Å². The summed E-state index contributed by atoms with van der Waals surface area (Å²) >= 11 is 0. The van der Waals surface area contributed by atoms with Gasteiger partial charge in [0.2, 0.25) is 0 Å². The molecule has 4 bridgehead atoms. The third-order valence-electron chi connectivity index (χ3n) is 5.54. The van der Waals surface area contributed by atoms with Crippen LogP contribution in [0.3, 0.4) is 0 Å². The van der Waals surface area contributed by atoms with Crippen LogP contribution in [0.4, 0.5) is 0 Å². The lowest BCUT2D eigenvalue weighted by molar-refractivity contribution is -0.131. The first-order chi connectivity index (χ1) is 9.61. The Hall–Kier alpha value is -1.65. The molecule has 5 rings (SSSR count). The van der Waals surface area contributed by atoms with Gasteiger partial charge in [-0.25, -0.2) is 4.79 Å². The van der Waals surface area contributed by atoms with E-state index in [1.54, 1.807) is 6.20 Å². The smallest absolute Gasteiger partial charge is 0.377 e. The van der Waals surface area contributed by atoms with E-state index in [1.165, 1.54) is 38.3 Å². The van der Waals surface area contributed by atoms with Gasteiger partial charge in [0, 0.05) is 6.20 Å². The molecular weight excluding hydrogens is 256 g/mol. The highest BCUT2D eigenvalue weighted by molar-refractivity contribution is 6.39. The molecule has 0 spiro atoms. The van der Waals surface area contributed by atoms with Gasteiger partial charge in [-0.15, -0.1) is 0 Å². The van der Waals surface area contributed by atoms with Gasteiger partial charge < -0.3 is 5.11 Å². The molecule has 5 nitrogen and oxygen atoms in total. The van der Waals surface area contributed by atoms with E-state index in [-0.39, 0.29) is 5.56 Å². The second-order valence-electron chi connectivity index (χ2n) is 6.76. The lowest BCUT2D eigenvalue weighted by atomic mass is 9.54. The topological polar surface area (TPSA) is 72.2 Å². The maximum atomic E-state index is 11.5. The Balaban J connectivity index is 1.62. The van der Waals surface area contributed by atoms with Gasteiger partial charge in [0.25, 0.3) is 5.78 Å².